The Morgan fingerprint density at radius 3 is 2.60 bits per heavy atom. The van der Waals surface area contributed by atoms with Gasteiger partial charge in [0.1, 0.15) is 0 Å². The molecule has 1 aromatic rings. The maximum Gasteiger partial charge on any atom is 0.0766 e. The second-order valence-corrected chi connectivity index (χ2v) is 6.68. The van der Waals surface area contributed by atoms with Crippen molar-refractivity contribution in [2.75, 3.05) is 26.8 Å². The van der Waals surface area contributed by atoms with Gasteiger partial charge in [0.2, 0.25) is 0 Å². The van der Waals surface area contributed by atoms with Gasteiger partial charge in [-0.2, -0.15) is 5.10 Å². The van der Waals surface area contributed by atoms with Crippen molar-refractivity contribution in [1.29, 1.82) is 0 Å². The molecule has 0 aliphatic heterocycles. The second kappa shape index (κ2) is 8.15. The number of ether oxygens (including phenoxy) is 1. The molecule has 0 aliphatic rings. The minimum absolute atomic E-state index is 0.189. The van der Waals surface area contributed by atoms with Crippen LogP contribution in [0, 0.1) is 5.41 Å². The van der Waals surface area contributed by atoms with E-state index in [9.17, 15) is 0 Å². The van der Waals surface area contributed by atoms with Crippen LogP contribution < -0.4 is 5.32 Å². The van der Waals surface area contributed by atoms with Gasteiger partial charge in [0.05, 0.1) is 22.5 Å². The molecule has 0 aromatic carbocycles. The Labute approximate surface area is 131 Å². The van der Waals surface area contributed by atoms with E-state index in [1.807, 2.05) is 0 Å². The zero-order valence-electron chi connectivity index (χ0n) is 13.4. The molecule has 1 N–H and O–H groups in total. The van der Waals surface area contributed by atoms with Crippen molar-refractivity contribution in [3.05, 3.63) is 15.9 Å². The Kier molecular flexibility index (Phi) is 7.20. The largest absolute Gasteiger partial charge is 0.383 e. The maximum absolute atomic E-state index is 5.06. The number of rotatable bonds is 9. The molecule has 0 spiro atoms. The fourth-order valence-electron chi connectivity index (χ4n) is 2.30. The van der Waals surface area contributed by atoms with Crippen LogP contribution in [0.1, 0.15) is 39.1 Å². The molecule has 116 valence electrons. The smallest absolute Gasteiger partial charge is 0.0766 e. The summed E-state index contributed by atoms with van der Waals surface area (Å²) >= 11 is 3.73. The monoisotopic (exact) mass is 345 g/mol. The predicted octanol–water partition coefficient (Wildman–Crippen LogP) is 3.03. The number of nitrogens with one attached hydrogen (secondary N) is 1. The minimum atomic E-state index is 0.189. The van der Waals surface area contributed by atoms with Crippen molar-refractivity contribution >= 4 is 15.9 Å². The Bertz CT molecular complexity index is 415. The van der Waals surface area contributed by atoms with E-state index < -0.39 is 0 Å². The lowest BCUT2D eigenvalue weighted by Crippen LogP contribution is -2.33. The van der Waals surface area contributed by atoms with E-state index in [1.165, 1.54) is 10.2 Å². The number of nitrogens with zero attached hydrogens (tertiary/aromatic N) is 2. The van der Waals surface area contributed by atoms with Crippen molar-refractivity contribution in [3.63, 3.8) is 0 Å². The van der Waals surface area contributed by atoms with E-state index in [0.717, 1.165) is 44.8 Å². The van der Waals surface area contributed by atoms with Gasteiger partial charge >= 0.3 is 0 Å². The van der Waals surface area contributed by atoms with E-state index in [0.29, 0.717) is 0 Å². The van der Waals surface area contributed by atoms with Crippen LogP contribution in [0.2, 0.25) is 0 Å². The van der Waals surface area contributed by atoms with Crippen molar-refractivity contribution in [1.82, 2.24) is 15.1 Å². The van der Waals surface area contributed by atoms with Crippen LogP contribution in [0.15, 0.2) is 4.47 Å². The van der Waals surface area contributed by atoms with E-state index in [2.05, 4.69) is 58.7 Å². The molecule has 0 saturated carbocycles. The van der Waals surface area contributed by atoms with E-state index in [4.69, 9.17) is 4.74 Å². The number of hydrogen-bond acceptors (Lipinski definition) is 3. The lowest BCUT2D eigenvalue weighted by Gasteiger charge is -2.25. The summed E-state index contributed by atoms with van der Waals surface area (Å²) in [6, 6.07) is 0. The van der Waals surface area contributed by atoms with Crippen LogP contribution in [-0.4, -0.2) is 36.6 Å². The van der Waals surface area contributed by atoms with Crippen LogP contribution in [0.25, 0.3) is 0 Å². The number of methoxy groups -OCH3 is 1. The molecule has 5 heteroatoms. The Balaban J connectivity index is 2.72. The van der Waals surface area contributed by atoms with Gasteiger partial charge in [-0.1, -0.05) is 20.8 Å². The first-order valence-corrected chi connectivity index (χ1v) is 8.18. The van der Waals surface area contributed by atoms with Crippen molar-refractivity contribution in [2.24, 2.45) is 5.41 Å². The second-order valence-electron chi connectivity index (χ2n) is 5.89. The fourth-order valence-corrected chi connectivity index (χ4v) is 3.01. The topological polar surface area (TPSA) is 39.1 Å². The third kappa shape index (κ3) is 4.86. The molecule has 0 radical (unpaired) electrons. The number of hydrogen-bond donors (Lipinski definition) is 1. The summed E-state index contributed by atoms with van der Waals surface area (Å²) in [6.07, 6.45) is 1.97. The molecule has 0 fully saturated rings. The lowest BCUT2D eigenvalue weighted by molar-refractivity contribution is 0.193. The van der Waals surface area contributed by atoms with Gasteiger partial charge in [-0.3, -0.25) is 4.68 Å². The number of halogens is 1. The third-order valence-electron chi connectivity index (χ3n) is 3.43. The van der Waals surface area contributed by atoms with Crippen molar-refractivity contribution in [3.8, 4) is 0 Å². The molecule has 1 rings (SSSR count). The summed E-state index contributed by atoms with van der Waals surface area (Å²) in [7, 11) is 1.73. The molecule has 0 unspecified atom stereocenters. The number of aryl methyl sites for hydroxylation is 2. The quantitative estimate of drug-likeness (QED) is 0.699. The number of aromatic nitrogens is 2. The Morgan fingerprint density at radius 1 is 1.35 bits per heavy atom. The van der Waals surface area contributed by atoms with Gasteiger partial charge in [-0.15, -0.1) is 0 Å². The van der Waals surface area contributed by atoms with Crippen LogP contribution in [-0.2, 0) is 24.1 Å². The van der Waals surface area contributed by atoms with E-state index in [1.54, 1.807) is 7.11 Å². The van der Waals surface area contributed by atoms with Gasteiger partial charge in [-0.25, -0.2) is 0 Å². The molecule has 0 atom stereocenters. The molecular weight excluding hydrogens is 318 g/mol. The SMILES string of the molecule is CCc1nn(CC)c(CC(C)(C)CNCCOC)c1Br. The molecule has 1 aromatic heterocycles. The van der Waals surface area contributed by atoms with Crippen LogP contribution in [0.3, 0.4) is 0 Å². The summed E-state index contributed by atoms with van der Waals surface area (Å²) < 4.78 is 8.38. The van der Waals surface area contributed by atoms with E-state index >= 15 is 0 Å². The summed E-state index contributed by atoms with van der Waals surface area (Å²) in [6.45, 7) is 12.4. The molecule has 0 bridgehead atoms. The zero-order chi connectivity index (χ0) is 15.2. The van der Waals surface area contributed by atoms with Crippen LogP contribution in [0.5, 0.6) is 0 Å². The molecule has 0 amide bonds. The average molecular weight is 346 g/mol. The molecule has 0 aliphatic carbocycles. The predicted molar refractivity (Wildman–Crippen MR) is 87.2 cm³/mol. The van der Waals surface area contributed by atoms with Crippen LogP contribution >= 0.6 is 15.9 Å². The highest BCUT2D eigenvalue weighted by Crippen LogP contribution is 2.29. The highest BCUT2D eigenvalue weighted by atomic mass is 79.9. The summed E-state index contributed by atoms with van der Waals surface area (Å²) in [5.74, 6) is 0. The van der Waals surface area contributed by atoms with Crippen molar-refractivity contribution < 1.29 is 4.74 Å². The standard InChI is InChI=1S/C15H28BrN3O/c1-6-12-14(16)13(19(7-2)18-12)10-15(3,4)11-17-8-9-20-5/h17H,6-11H2,1-5H3. The average Bonchev–Trinajstić information content (AvgIpc) is 2.71. The summed E-state index contributed by atoms with van der Waals surface area (Å²) in [5, 5.41) is 8.12. The molecular formula is C15H28BrN3O. The maximum atomic E-state index is 5.06. The summed E-state index contributed by atoms with van der Waals surface area (Å²) in [4.78, 5) is 0. The highest BCUT2D eigenvalue weighted by molar-refractivity contribution is 9.10. The van der Waals surface area contributed by atoms with Crippen molar-refractivity contribution in [2.45, 2.75) is 47.1 Å². The first kappa shape index (κ1) is 17.7. The van der Waals surface area contributed by atoms with Crippen LogP contribution in [0.4, 0.5) is 0 Å². The first-order valence-electron chi connectivity index (χ1n) is 7.38. The Morgan fingerprint density at radius 2 is 2.05 bits per heavy atom. The van der Waals surface area contributed by atoms with Gasteiger partial charge in [0.15, 0.2) is 0 Å². The third-order valence-corrected chi connectivity index (χ3v) is 4.34. The normalized spacial score (nSPS) is 12.1. The molecule has 0 saturated heterocycles. The van der Waals surface area contributed by atoms with Gasteiger partial charge in [0, 0.05) is 26.7 Å². The fraction of sp³-hybridized carbons (Fsp3) is 0.800. The zero-order valence-corrected chi connectivity index (χ0v) is 15.0. The first-order chi connectivity index (χ1) is 9.45. The molecule has 20 heavy (non-hydrogen) atoms. The highest BCUT2D eigenvalue weighted by Gasteiger charge is 2.23. The molecule has 4 nitrogen and oxygen atoms in total. The minimum Gasteiger partial charge on any atom is -0.383 e. The summed E-state index contributed by atoms with van der Waals surface area (Å²) in [5.41, 5.74) is 2.65. The van der Waals surface area contributed by atoms with Gasteiger partial charge in [-0.05, 0) is 41.1 Å². The molecule has 1 heterocycles. The van der Waals surface area contributed by atoms with Gasteiger partial charge < -0.3 is 10.1 Å². The Hall–Kier alpha value is -0.390. The van der Waals surface area contributed by atoms with Gasteiger partial charge in [0.25, 0.3) is 0 Å². The van der Waals surface area contributed by atoms with E-state index in [-0.39, 0.29) is 5.41 Å². The lowest BCUT2D eigenvalue weighted by atomic mass is 9.87.